The highest BCUT2D eigenvalue weighted by Crippen LogP contribution is 2.36. The van der Waals surface area contributed by atoms with Crippen LogP contribution >= 0.6 is 0 Å². The number of nitrogens with zero attached hydrogens (tertiary/aromatic N) is 2. The Morgan fingerprint density at radius 1 is 1.12 bits per heavy atom. The maximum Gasteiger partial charge on any atom is 0.416 e. The zero-order valence-corrected chi connectivity index (χ0v) is 24.3. The van der Waals surface area contributed by atoms with Crippen LogP contribution in [0.1, 0.15) is 42.6 Å². The molecule has 234 valence electrons. The fraction of sp³-hybridized carbons (Fsp3) is 0.500. The van der Waals surface area contributed by atoms with E-state index < -0.39 is 29.9 Å². The van der Waals surface area contributed by atoms with E-state index in [-0.39, 0.29) is 60.3 Å². The molecule has 2 heterocycles. The van der Waals surface area contributed by atoms with Gasteiger partial charge >= 0.3 is 12.2 Å². The van der Waals surface area contributed by atoms with Gasteiger partial charge in [-0.15, -0.1) is 0 Å². The number of aliphatic hydroxyl groups is 1. The number of carbonyl (C=O) groups is 3. The summed E-state index contributed by atoms with van der Waals surface area (Å²) in [7, 11) is 1.52. The Hall–Kier alpha value is -3.84. The number of nitrogens with one attached hydrogen (secondary N) is 2. The van der Waals surface area contributed by atoms with E-state index >= 15 is 0 Å². The Morgan fingerprint density at radius 3 is 2.42 bits per heavy atom. The molecule has 2 aromatic rings. The third-order valence-corrected chi connectivity index (χ3v) is 7.81. The molecule has 0 bridgehead atoms. The Morgan fingerprint density at radius 2 is 1.79 bits per heavy atom. The van der Waals surface area contributed by atoms with Crippen molar-refractivity contribution in [3.63, 3.8) is 0 Å². The van der Waals surface area contributed by atoms with Crippen LogP contribution in [0.4, 0.5) is 29.3 Å². The Labute approximate surface area is 248 Å². The third kappa shape index (κ3) is 7.77. The second-order valence-electron chi connectivity index (χ2n) is 11.1. The number of hydrogen-bond donors (Lipinski definition) is 3. The second kappa shape index (κ2) is 13.6. The molecule has 0 unspecified atom stereocenters. The molecule has 4 amide bonds. The predicted molar refractivity (Wildman–Crippen MR) is 153 cm³/mol. The number of halogens is 3. The van der Waals surface area contributed by atoms with Gasteiger partial charge in [0.15, 0.2) is 5.75 Å². The molecule has 2 aliphatic rings. The SMILES string of the molecule is C[C@H](CO)N1C[C@H](C)[C@H](CN(C)C(=O)Nc2ccc(C(F)(F)F)cc2)Oc2c(NC(=O)C3CCOCC3)cccc2C1=O. The van der Waals surface area contributed by atoms with Crippen LogP contribution in [0.25, 0.3) is 0 Å². The minimum absolute atomic E-state index is 0.0465. The van der Waals surface area contributed by atoms with Gasteiger partial charge in [0.1, 0.15) is 6.10 Å². The lowest BCUT2D eigenvalue weighted by Gasteiger charge is -2.38. The molecule has 2 aromatic carbocycles. The predicted octanol–water partition coefficient (Wildman–Crippen LogP) is 4.45. The number of urea groups is 1. The molecule has 13 heteroatoms. The van der Waals surface area contributed by atoms with Crippen molar-refractivity contribution in [3.05, 3.63) is 53.6 Å². The topological polar surface area (TPSA) is 120 Å². The number of aliphatic hydroxyl groups excluding tert-OH is 1. The first-order valence-corrected chi connectivity index (χ1v) is 14.2. The zero-order chi connectivity index (χ0) is 31.3. The highest BCUT2D eigenvalue weighted by atomic mass is 19.4. The molecule has 4 rings (SSSR count). The summed E-state index contributed by atoms with van der Waals surface area (Å²) in [5.41, 5.74) is -0.118. The van der Waals surface area contributed by atoms with Crippen molar-refractivity contribution >= 4 is 29.2 Å². The molecule has 43 heavy (non-hydrogen) atoms. The number of para-hydroxylation sites is 1. The maximum absolute atomic E-state index is 13.7. The monoisotopic (exact) mass is 606 g/mol. The van der Waals surface area contributed by atoms with Crippen LogP contribution in [0.2, 0.25) is 0 Å². The summed E-state index contributed by atoms with van der Waals surface area (Å²) in [6.07, 6.45) is -4.01. The van der Waals surface area contributed by atoms with Crippen molar-refractivity contribution < 1.29 is 42.1 Å². The van der Waals surface area contributed by atoms with Gasteiger partial charge < -0.3 is 35.0 Å². The molecular formula is C30H37F3N4O6. The Bertz CT molecular complexity index is 1300. The number of ether oxygens (including phenoxy) is 2. The summed E-state index contributed by atoms with van der Waals surface area (Å²) in [4.78, 5) is 42.6. The minimum Gasteiger partial charge on any atom is -0.485 e. The first kappa shape index (κ1) is 32.1. The van der Waals surface area contributed by atoms with Gasteiger partial charge in [-0.25, -0.2) is 4.79 Å². The van der Waals surface area contributed by atoms with Gasteiger partial charge in [-0.3, -0.25) is 9.59 Å². The fourth-order valence-corrected chi connectivity index (χ4v) is 5.07. The van der Waals surface area contributed by atoms with Crippen LogP contribution in [0.15, 0.2) is 42.5 Å². The molecule has 0 spiro atoms. The first-order valence-electron chi connectivity index (χ1n) is 14.2. The van der Waals surface area contributed by atoms with Crippen LogP contribution in [0, 0.1) is 11.8 Å². The molecule has 0 radical (unpaired) electrons. The second-order valence-corrected chi connectivity index (χ2v) is 11.1. The van der Waals surface area contributed by atoms with Gasteiger partial charge in [-0.1, -0.05) is 13.0 Å². The maximum atomic E-state index is 13.7. The normalized spacial score (nSPS) is 20.3. The summed E-state index contributed by atoms with van der Waals surface area (Å²) in [5.74, 6) is -0.997. The highest BCUT2D eigenvalue weighted by molar-refractivity contribution is 6.02. The average molecular weight is 607 g/mol. The number of fused-ring (bicyclic) bond motifs is 1. The van der Waals surface area contributed by atoms with Crippen molar-refractivity contribution in [2.75, 3.05) is 50.6 Å². The first-order chi connectivity index (χ1) is 20.4. The van der Waals surface area contributed by atoms with Crippen molar-refractivity contribution in [1.29, 1.82) is 0 Å². The molecule has 2 aliphatic heterocycles. The van der Waals surface area contributed by atoms with Crippen LogP contribution in [-0.2, 0) is 15.7 Å². The molecule has 0 saturated carbocycles. The number of alkyl halides is 3. The molecule has 10 nitrogen and oxygen atoms in total. The minimum atomic E-state index is -4.49. The standard InChI is InChI=1S/C30H37F3N4O6/c1-18-15-37(19(2)17-38)28(40)23-5-4-6-24(35-27(39)20-11-13-42-14-12-20)26(23)43-25(18)16-36(3)29(41)34-22-9-7-21(8-10-22)30(31,32)33/h4-10,18-20,25,38H,11-17H2,1-3H3,(H,34,41)(H,35,39)/t18-,19+,25-/m0/s1. The number of rotatable bonds is 7. The quantitative estimate of drug-likeness (QED) is 0.428. The fourth-order valence-electron chi connectivity index (χ4n) is 5.07. The molecule has 3 N–H and O–H groups in total. The Balaban J connectivity index is 1.58. The number of hydrogen-bond acceptors (Lipinski definition) is 6. The van der Waals surface area contributed by atoms with Crippen molar-refractivity contribution in [2.45, 2.75) is 45.0 Å². The number of anilines is 2. The number of carbonyl (C=O) groups excluding carboxylic acids is 3. The van der Waals surface area contributed by atoms with Crippen LogP contribution in [0.5, 0.6) is 5.75 Å². The van der Waals surface area contributed by atoms with Crippen molar-refractivity contribution in [1.82, 2.24) is 9.80 Å². The van der Waals surface area contributed by atoms with Crippen molar-refractivity contribution in [2.24, 2.45) is 11.8 Å². The van der Waals surface area contributed by atoms with E-state index in [0.717, 1.165) is 12.1 Å². The molecule has 3 atom stereocenters. The van der Waals surface area contributed by atoms with E-state index in [4.69, 9.17) is 9.47 Å². The molecule has 0 aromatic heterocycles. The lowest BCUT2D eigenvalue weighted by Crippen LogP contribution is -2.50. The van der Waals surface area contributed by atoms with E-state index in [1.54, 1.807) is 30.0 Å². The number of likely N-dealkylation sites (N-methyl/N-ethyl adjacent to an activating group) is 1. The van der Waals surface area contributed by atoms with E-state index in [0.29, 0.717) is 31.7 Å². The van der Waals surface area contributed by atoms with Gasteiger partial charge in [0.25, 0.3) is 5.91 Å². The van der Waals surface area contributed by atoms with Gasteiger partial charge in [0, 0.05) is 44.3 Å². The number of amides is 4. The molecule has 0 aliphatic carbocycles. The van der Waals surface area contributed by atoms with Gasteiger partial charge in [-0.05, 0) is 56.2 Å². The van der Waals surface area contributed by atoms with Crippen molar-refractivity contribution in [3.8, 4) is 5.75 Å². The van der Waals surface area contributed by atoms with E-state index in [2.05, 4.69) is 10.6 Å². The summed E-state index contributed by atoms with van der Waals surface area (Å²) < 4.78 is 50.5. The summed E-state index contributed by atoms with van der Waals surface area (Å²) in [6.45, 7) is 4.54. The molecule has 1 saturated heterocycles. The molecular weight excluding hydrogens is 569 g/mol. The van der Waals surface area contributed by atoms with Gasteiger partial charge in [-0.2, -0.15) is 13.2 Å². The van der Waals surface area contributed by atoms with Gasteiger partial charge in [0.2, 0.25) is 5.91 Å². The smallest absolute Gasteiger partial charge is 0.416 e. The van der Waals surface area contributed by atoms with Crippen LogP contribution in [-0.4, -0.2) is 84.9 Å². The average Bonchev–Trinajstić information content (AvgIpc) is 2.99. The lowest BCUT2D eigenvalue weighted by molar-refractivity contribution is -0.137. The van der Waals surface area contributed by atoms with Crippen LogP contribution in [0.3, 0.4) is 0 Å². The Kier molecular flexibility index (Phi) is 10.2. The lowest BCUT2D eigenvalue weighted by atomic mass is 9.98. The number of benzene rings is 2. The summed E-state index contributed by atoms with van der Waals surface area (Å²) >= 11 is 0. The molecule has 1 fully saturated rings. The highest BCUT2D eigenvalue weighted by Gasteiger charge is 2.36. The van der Waals surface area contributed by atoms with E-state index in [1.807, 2.05) is 6.92 Å². The van der Waals surface area contributed by atoms with Crippen LogP contribution < -0.4 is 15.4 Å². The van der Waals surface area contributed by atoms with Gasteiger partial charge in [0.05, 0.1) is 36.0 Å². The summed E-state index contributed by atoms with van der Waals surface area (Å²) in [5, 5.41) is 15.4. The third-order valence-electron chi connectivity index (χ3n) is 7.81. The largest absolute Gasteiger partial charge is 0.485 e. The zero-order valence-electron chi connectivity index (χ0n) is 24.3. The van der Waals surface area contributed by atoms with E-state index in [9.17, 15) is 32.7 Å². The summed E-state index contributed by atoms with van der Waals surface area (Å²) in [6, 6.07) is 7.91. The van der Waals surface area contributed by atoms with E-state index in [1.165, 1.54) is 24.1 Å².